The summed E-state index contributed by atoms with van der Waals surface area (Å²) in [6, 6.07) is 10.9. The van der Waals surface area contributed by atoms with Gasteiger partial charge in [-0.05, 0) is 43.8 Å². The Morgan fingerprint density at radius 2 is 1.91 bits per heavy atom. The molecule has 122 valence electrons. The zero-order valence-corrected chi connectivity index (χ0v) is 14.3. The van der Waals surface area contributed by atoms with E-state index >= 15 is 0 Å². The largest absolute Gasteiger partial charge is 0.323 e. The maximum Gasteiger partial charge on any atom is 0.241 e. The van der Waals surface area contributed by atoms with Gasteiger partial charge in [0, 0.05) is 11.6 Å². The van der Waals surface area contributed by atoms with Gasteiger partial charge in [0.25, 0.3) is 0 Å². The maximum atomic E-state index is 13.0. The van der Waals surface area contributed by atoms with Crippen molar-refractivity contribution in [1.82, 2.24) is 4.90 Å². The van der Waals surface area contributed by atoms with Gasteiger partial charge in [0.1, 0.15) is 5.82 Å². The molecule has 0 fully saturated rings. The summed E-state index contributed by atoms with van der Waals surface area (Å²) < 4.78 is 13.0. The standard InChI is InChI=1S/C17H17Cl2FN2O/c1-11(22(2)10-12-5-3-4-6-14(12)18)17(23)21-16-8-7-13(20)9-15(16)19/h3-9,11H,10H2,1-2H3,(H,21,23). The van der Waals surface area contributed by atoms with Crippen molar-refractivity contribution in [3.8, 4) is 0 Å². The zero-order valence-electron chi connectivity index (χ0n) is 12.8. The third-order valence-electron chi connectivity index (χ3n) is 3.61. The first-order chi connectivity index (χ1) is 10.9. The highest BCUT2D eigenvalue weighted by atomic mass is 35.5. The van der Waals surface area contributed by atoms with Crippen molar-refractivity contribution in [2.24, 2.45) is 0 Å². The van der Waals surface area contributed by atoms with Crippen molar-refractivity contribution in [1.29, 1.82) is 0 Å². The number of hydrogen-bond acceptors (Lipinski definition) is 2. The fraction of sp³-hybridized carbons (Fsp3) is 0.235. The molecule has 0 bridgehead atoms. The lowest BCUT2D eigenvalue weighted by molar-refractivity contribution is -0.120. The Bertz CT molecular complexity index is 709. The van der Waals surface area contributed by atoms with Crippen molar-refractivity contribution in [3.63, 3.8) is 0 Å². The third kappa shape index (κ3) is 4.67. The molecule has 0 saturated heterocycles. The number of rotatable bonds is 5. The lowest BCUT2D eigenvalue weighted by atomic mass is 10.2. The van der Waals surface area contributed by atoms with Gasteiger partial charge in [-0.1, -0.05) is 41.4 Å². The molecule has 0 radical (unpaired) electrons. The molecule has 3 nitrogen and oxygen atoms in total. The van der Waals surface area contributed by atoms with Gasteiger partial charge >= 0.3 is 0 Å². The van der Waals surface area contributed by atoms with Gasteiger partial charge in [-0.2, -0.15) is 0 Å². The highest BCUT2D eigenvalue weighted by Crippen LogP contribution is 2.23. The maximum absolute atomic E-state index is 13.0. The van der Waals surface area contributed by atoms with Gasteiger partial charge in [-0.15, -0.1) is 0 Å². The zero-order chi connectivity index (χ0) is 17.0. The van der Waals surface area contributed by atoms with Crippen LogP contribution in [0.1, 0.15) is 12.5 Å². The van der Waals surface area contributed by atoms with E-state index in [9.17, 15) is 9.18 Å². The van der Waals surface area contributed by atoms with Crippen molar-refractivity contribution >= 4 is 34.8 Å². The molecule has 6 heteroatoms. The molecule has 0 aliphatic rings. The van der Waals surface area contributed by atoms with E-state index in [1.54, 1.807) is 6.92 Å². The summed E-state index contributed by atoms with van der Waals surface area (Å²) >= 11 is 12.1. The van der Waals surface area contributed by atoms with Crippen LogP contribution in [-0.4, -0.2) is 23.9 Å². The minimum absolute atomic E-state index is 0.166. The Labute approximate surface area is 145 Å². The molecule has 0 spiro atoms. The molecule has 1 N–H and O–H groups in total. The van der Waals surface area contributed by atoms with Crippen LogP contribution in [0.2, 0.25) is 10.0 Å². The molecule has 0 aliphatic heterocycles. The second-order valence-corrected chi connectivity index (χ2v) is 6.11. The quantitative estimate of drug-likeness (QED) is 0.851. The molecule has 0 aliphatic carbocycles. The first kappa shape index (κ1) is 17.7. The van der Waals surface area contributed by atoms with Crippen molar-refractivity contribution < 1.29 is 9.18 Å². The highest BCUT2D eigenvalue weighted by Gasteiger charge is 2.19. The topological polar surface area (TPSA) is 32.3 Å². The minimum Gasteiger partial charge on any atom is -0.323 e. The van der Waals surface area contributed by atoms with Gasteiger partial charge in [0.2, 0.25) is 5.91 Å². The molecular formula is C17H17Cl2FN2O. The summed E-state index contributed by atoms with van der Waals surface area (Å²) in [5, 5.41) is 3.53. The van der Waals surface area contributed by atoms with E-state index in [2.05, 4.69) is 5.32 Å². The second-order valence-electron chi connectivity index (χ2n) is 5.30. The third-order valence-corrected chi connectivity index (χ3v) is 4.29. The van der Waals surface area contributed by atoms with E-state index in [1.165, 1.54) is 12.1 Å². The van der Waals surface area contributed by atoms with Crippen LogP contribution in [0.3, 0.4) is 0 Å². The number of carbonyl (C=O) groups is 1. The first-order valence-electron chi connectivity index (χ1n) is 7.08. The van der Waals surface area contributed by atoms with Crippen LogP contribution in [0, 0.1) is 5.82 Å². The van der Waals surface area contributed by atoms with E-state index in [0.717, 1.165) is 11.6 Å². The number of nitrogens with one attached hydrogen (secondary N) is 1. The fourth-order valence-electron chi connectivity index (χ4n) is 2.06. The average Bonchev–Trinajstić information content (AvgIpc) is 2.51. The van der Waals surface area contributed by atoms with Crippen LogP contribution < -0.4 is 5.32 Å². The number of anilines is 1. The molecule has 2 aromatic carbocycles. The number of likely N-dealkylation sites (N-methyl/N-ethyl adjacent to an activating group) is 1. The summed E-state index contributed by atoms with van der Waals surface area (Å²) in [7, 11) is 1.83. The molecule has 23 heavy (non-hydrogen) atoms. The van der Waals surface area contributed by atoms with Crippen molar-refractivity contribution in [2.45, 2.75) is 19.5 Å². The van der Waals surface area contributed by atoms with Crippen LogP contribution in [0.4, 0.5) is 10.1 Å². The van der Waals surface area contributed by atoms with Gasteiger partial charge in [-0.3, -0.25) is 9.69 Å². The monoisotopic (exact) mass is 354 g/mol. The second kappa shape index (κ2) is 7.77. The Kier molecular flexibility index (Phi) is 5.99. The normalized spacial score (nSPS) is 12.3. The van der Waals surface area contributed by atoms with Crippen LogP contribution >= 0.6 is 23.2 Å². The number of hydrogen-bond donors (Lipinski definition) is 1. The summed E-state index contributed by atoms with van der Waals surface area (Å²) in [6.45, 7) is 2.31. The van der Waals surface area contributed by atoms with Crippen LogP contribution in [0.25, 0.3) is 0 Å². The Hall–Kier alpha value is -1.62. The fourth-order valence-corrected chi connectivity index (χ4v) is 2.47. The Morgan fingerprint density at radius 3 is 2.57 bits per heavy atom. The lowest BCUT2D eigenvalue weighted by Crippen LogP contribution is -2.39. The number of carbonyl (C=O) groups excluding carboxylic acids is 1. The SMILES string of the molecule is CC(C(=O)Nc1ccc(F)cc1Cl)N(C)Cc1ccccc1Cl. The van der Waals surface area contributed by atoms with E-state index < -0.39 is 11.9 Å². The van der Waals surface area contributed by atoms with Gasteiger partial charge in [0.15, 0.2) is 0 Å². The Morgan fingerprint density at radius 1 is 1.22 bits per heavy atom. The number of amides is 1. The van der Waals surface area contributed by atoms with Gasteiger partial charge in [0.05, 0.1) is 16.8 Å². The van der Waals surface area contributed by atoms with Crippen LogP contribution in [0.5, 0.6) is 0 Å². The first-order valence-corrected chi connectivity index (χ1v) is 7.83. The Balaban J connectivity index is 2.02. The van der Waals surface area contributed by atoms with E-state index in [0.29, 0.717) is 17.3 Å². The highest BCUT2D eigenvalue weighted by molar-refractivity contribution is 6.33. The molecule has 2 aromatic rings. The van der Waals surface area contributed by atoms with E-state index in [4.69, 9.17) is 23.2 Å². The molecule has 1 unspecified atom stereocenters. The van der Waals surface area contributed by atoms with Gasteiger partial charge in [-0.25, -0.2) is 4.39 Å². The smallest absolute Gasteiger partial charge is 0.241 e. The molecule has 1 amide bonds. The number of nitrogens with zero attached hydrogens (tertiary/aromatic N) is 1. The van der Waals surface area contributed by atoms with Gasteiger partial charge < -0.3 is 5.32 Å². The molecule has 1 atom stereocenters. The molecule has 0 aromatic heterocycles. The minimum atomic E-state index is -0.447. The van der Waals surface area contributed by atoms with E-state index in [-0.39, 0.29) is 10.9 Å². The predicted molar refractivity (Wildman–Crippen MR) is 92.4 cm³/mol. The summed E-state index contributed by atoms with van der Waals surface area (Å²) in [5.74, 6) is -0.676. The molecule has 0 heterocycles. The summed E-state index contributed by atoms with van der Waals surface area (Å²) in [4.78, 5) is 14.2. The van der Waals surface area contributed by atoms with E-state index in [1.807, 2.05) is 36.2 Å². The van der Waals surface area contributed by atoms with Crippen LogP contribution in [0.15, 0.2) is 42.5 Å². The predicted octanol–water partition coefficient (Wildman–Crippen LogP) is 4.59. The molecule has 0 saturated carbocycles. The molecular weight excluding hydrogens is 338 g/mol. The number of halogens is 3. The summed E-state index contributed by atoms with van der Waals surface area (Å²) in [5.41, 5.74) is 1.33. The summed E-state index contributed by atoms with van der Waals surface area (Å²) in [6.07, 6.45) is 0. The van der Waals surface area contributed by atoms with Crippen molar-refractivity contribution in [2.75, 3.05) is 12.4 Å². The lowest BCUT2D eigenvalue weighted by Gasteiger charge is -2.24. The van der Waals surface area contributed by atoms with Crippen molar-refractivity contribution in [3.05, 3.63) is 63.9 Å². The van der Waals surface area contributed by atoms with Crippen LogP contribution in [-0.2, 0) is 11.3 Å². The average molecular weight is 355 g/mol. The molecule has 2 rings (SSSR count). The number of benzene rings is 2.